The van der Waals surface area contributed by atoms with E-state index in [1.807, 2.05) is 42.8 Å². The van der Waals surface area contributed by atoms with Crippen LogP contribution in [-0.4, -0.2) is 42.4 Å². The zero-order valence-corrected chi connectivity index (χ0v) is 15.7. The van der Waals surface area contributed by atoms with E-state index in [1.165, 1.54) is 4.52 Å². The van der Waals surface area contributed by atoms with E-state index in [0.29, 0.717) is 18.0 Å². The first-order valence-corrected chi connectivity index (χ1v) is 8.71. The number of hydrogen-bond donors (Lipinski definition) is 1. The zero-order valence-electron chi connectivity index (χ0n) is 15.7. The second kappa shape index (κ2) is 7.10. The zero-order chi connectivity index (χ0) is 19.7. The summed E-state index contributed by atoms with van der Waals surface area (Å²) >= 11 is 0. The van der Waals surface area contributed by atoms with Crippen LogP contribution in [0.4, 0.5) is 5.69 Å². The summed E-state index contributed by atoms with van der Waals surface area (Å²) in [4.78, 5) is 20.8. The molecule has 0 aliphatic rings. The van der Waals surface area contributed by atoms with Crippen LogP contribution in [0.1, 0.15) is 27.6 Å². The summed E-state index contributed by atoms with van der Waals surface area (Å²) in [7, 11) is 1.64. The number of benzene rings is 1. The lowest BCUT2D eigenvalue weighted by molar-refractivity contribution is 0.101. The van der Waals surface area contributed by atoms with Gasteiger partial charge in [0.1, 0.15) is 5.75 Å². The van der Waals surface area contributed by atoms with Crippen molar-refractivity contribution in [2.75, 3.05) is 12.4 Å². The van der Waals surface area contributed by atoms with E-state index in [0.717, 1.165) is 22.7 Å². The normalized spacial score (nSPS) is 11.0. The molecule has 0 unspecified atom stereocenters. The van der Waals surface area contributed by atoms with Gasteiger partial charge in [0.15, 0.2) is 0 Å². The van der Waals surface area contributed by atoms with Crippen molar-refractivity contribution in [1.29, 1.82) is 0 Å². The van der Waals surface area contributed by atoms with Crippen molar-refractivity contribution in [2.45, 2.75) is 20.4 Å². The van der Waals surface area contributed by atoms with Crippen molar-refractivity contribution >= 4 is 17.4 Å². The van der Waals surface area contributed by atoms with Gasteiger partial charge in [-0.05, 0) is 37.6 Å². The van der Waals surface area contributed by atoms with Crippen molar-refractivity contribution in [1.82, 2.24) is 29.4 Å². The molecule has 0 aliphatic heterocycles. The fourth-order valence-electron chi connectivity index (χ4n) is 2.97. The quantitative estimate of drug-likeness (QED) is 0.573. The standard InChI is InChI=1S/C19H19N7O2/c1-12-16(21-18(27)17-22-19-20-8-5-9-25(19)24-17)13(2)26(23-12)11-14-6-4-7-15(10-14)28-3/h4-10H,11H2,1-3H3,(H,21,27). The summed E-state index contributed by atoms with van der Waals surface area (Å²) in [6.07, 6.45) is 3.29. The second-order valence-electron chi connectivity index (χ2n) is 6.31. The predicted octanol–water partition coefficient (Wildman–Crippen LogP) is 2.25. The maximum atomic E-state index is 12.6. The number of carbonyl (C=O) groups is 1. The molecule has 28 heavy (non-hydrogen) atoms. The number of fused-ring (bicyclic) bond motifs is 1. The maximum Gasteiger partial charge on any atom is 0.295 e. The van der Waals surface area contributed by atoms with Crippen molar-refractivity contribution < 1.29 is 9.53 Å². The molecule has 0 saturated carbocycles. The first kappa shape index (κ1) is 17.7. The Hall–Kier alpha value is -3.75. The Labute approximate surface area is 161 Å². The van der Waals surface area contributed by atoms with Gasteiger partial charge in [-0.1, -0.05) is 12.1 Å². The Morgan fingerprint density at radius 1 is 1.21 bits per heavy atom. The second-order valence-corrected chi connectivity index (χ2v) is 6.31. The molecule has 1 amide bonds. The lowest BCUT2D eigenvalue weighted by Gasteiger charge is -2.07. The molecule has 9 heteroatoms. The average Bonchev–Trinajstić information content (AvgIpc) is 3.25. The Bertz CT molecular complexity index is 1130. The molecule has 4 aromatic rings. The van der Waals surface area contributed by atoms with Crippen molar-refractivity contribution in [3.8, 4) is 5.75 Å². The number of nitrogens with one attached hydrogen (secondary N) is 1. The van der Waals surface area contributed by atoms with Crippen LogP contribution >= 0.6 is 0 Å². The Morgan fingerprint density at radius 2 is 2.07 bits per heavy atom. The molecular formula is C19H19N7O2. The number of rotatable bonds is 5. The predicted molar refractivity (Wildman–Crippen MR) is 103 cm³/mol. The van der Waals surface area contributed by atoms with E-state index in [2.05, 4.69) is 25.5 Å². The van der Waals surface area contributed by atoms with Gasteiger partial charge in [0, 0.05) is 12.4 Å². The third-order valence-electron chi connectivity index (χ3n) is 4.41. The maximum absolute atomic E-state index is 12.6. The first-order chi connectivity index (χ1) is 13.5. The number of methoxy groups -OCH3 is 1. The minimum absolute atomic E-state index is 0.0537. The molecule has 142 valence electrons. The first-order valence-electron chi connectivity index (χ1n) is 8.71. The van der Waals surface area contributed by atoms with Crippen LogP contribution in [-0.2, 0) is 6.54 Å². The third-order valence-corrected chi connectivity index (χ3v) is 4.41. The lowest BCUT2D eigenvalue weighted by atomic mass is 10.2. The SMILES string of the molecule is COc1cccc(Cn2nc(C)c(NC(=O)c3nc4ncccn4n3)c2C)c1. The van der Waals surface area contributed by atoms with E-state index in [9.17, 15) is 4.79 Å². The van der Waals surface area contributed by atoms with Gasteiger partial charge in [-0.2, -0.15) is 10.1 Å². The Balaban J connectivity index is 1.57. The smallest absolute Gasteiger partial charge is 0.295 e. The summed E-state index contributed by atoms with van der Waals surface area (Å²) in [5.74, 6) is 0.810. The molecule has 0 bridgehead atoms. The van der Waals surface area contributed by atoms with E-state index < -0.39 is 5.91 Å². The number of anilines is 1. The fraction of sp³-hybridized carbons (Fsp3) is 0.211. The van der Waals surface area contributed by atoms with Gasteiger partial charge < -0.3 is 10.1 Å². The van der Waals surface area contributed by atoms with Crippen molar-refractivity contribution in [3.63, 3.8) is 0 Å². The molecule has 4 rings (SSSR count). The van der Waals surface area contributed by atoms with Crippen molar-refractivity contribution in [2.24, 2.45) is 0 Å². The highest BCUT2D eigenvalue weighted by Gasteiger charge is 2.19. The fourth-order valence-corrected chi connectivity index (χ4v) is 2.97. The molecule has 0 radical (unpaired) electrons. The van der Waals surface area contributed by atoms with Crippen LogP contribution in [0.25, 0.3) is 5.78 Å². The average molecular weight is 377 g/mol. The Morgan fingerprint density at radius 3 is 2.86 bits per heavy atom. The molecule has 0 aliphatic carbocycles. The highest BCUT2D eigenvalue weighted by Crippen LogP contribution is 2.22. The van der Waals surface area contributed by atoms with Gasteiger partial charge in [-0.15, -0.1) is 5.10 Å². The van der Waals surface area contributed by atoms with Gasteiger partial charge in [0.2, 0.25) is 5.82 Å². The molecule has 0 saturated heterocycles. The number of hydrogen-bond acceptors (Lipinski definition) is 6. The van der Waals surface area contributed by atoms with Gasteiger partial charge in [-0.3, -0.25) is 9.48 Å². The van der Waals surface area contributed by atoms with E-state index in [-0.39, 0.29) is 5.82 Å². The summed E-state index contributed by atoms with van der Waals surface area (Å²) < 4.78 is 8.58. The van der Waals surface area contributed by atoms with Gasteiger partial charge in [-0.25, -0.2) is 9.50 Å². The number of nitrogens with zero attached hydrogens (tertiary/aromatic N) is 6. The molecule has 9 nitrogen and oxygen atoms in total. The van der Waals surface area contributed by atoms with Crippen LogP contribution < -0.4 is 10.1 Å². The van der Waals surface area contributed by atoms with Crippen LogP contribution in [0, 0.1) is 13.8 Å². The summed E-state index contributed by atoms with van der Waals surface area (Å²) in [5.41, 5.74) is 3.27. The molecule has 3 aromatic heterocycles. The molecule has 1 N–H and O–H groups in total. The van der Waals surface area contributed by atoms with Crippen LogP contribution in [0.3, 0.4) is 0 Å². The summed E-state index contributed by atoms with van der Waals surface area (Å²) in [6.45, 7) is 4.33. The number of carbonyl (C=O) groups excluding carboxylic acids is 1. The minimum atomic E-state index is -0.405. The molecule has 0 fully saturated rings. The molecule has 0 spiro atoms. The summed E-state index contributed by atoms with van der Waals surface area (Å²) in [6, 6.07) is 9.52. The number of amides is 1. The van der Waals surface area contributed by atoms with E-state index in [4.69, 9.17) is 4.74 Å². The highest BCUT2D eigenvalue weighted by molar-refractivity contribution is 6.02. The Kier molecular flexibility index (Phi) is 4.48. The molecule has 3 heterocycles. The number of aryl methyl sites for hydroxylation is 1. The molecule has 0 atom stereocenters. The van der Waals surface area contributed by atoms with Crippen molar-refractivity contribution in [3.05, 3.63) is 65.5 Å². The third kappa shape index (κ3) is 3.29. The van der Waals surface area contributed by atoms with Gasteiger partial charge in [0.25, 0.3) is 11.7 Å². The molecule has 1 aromatic carbocycles. The highest BCUT2D eigenvalue weighted by atomic mass is 16.5. The lowest BCUT2D eigenvalue weighted by Crippen LogP contribution is -2.15. The number of aromatic nitrogens is 6. The monoisotopic (exact) mass is 377 g/mol. The summed E-state index contributed by atoms with van der Waals surface area (Å²) in [5, 5.41) is 11.6. The van der Waals surface area contributed by atoms with Crippen LogP contribution in [0.15, 0.2) is 42.7 Å². The minimum Gasteiger partial charge on any atom is -0.497 e. The van der Waals surface area contributed by atoms with E-state index in [1.54, 1.807) is 25.6 Å². The van der Waals surface area contributed by atoms with Gasteiger partial charge in [0.05, 0.1) is 30.7 Å². The number of ether oxygens (including phenoxy) is 1. The topological polar surface area (TPSA) is 99.2 Å². The van der Waals surface area contributed by atoms with Gasteiger partial charge >= 0.3 is 0 Å². The van der Waals surface area contributed by atoms with Crippen LogP contribution in [0.2, 0.25) is 0 Å². The van der Waals surface area contributed by atoms with Crippen LogP contribution in [0.5, 0.6) is 5.75 Å². The van der Waals surface area contributed by atoms with E-state index >= 15 is 0 Å². The molecular weight excluding hydrogens is 358 g/mol. The largest absolute Gasteiger partial charge is 0.497 e.